The zero-order valence-corrected chi connectivity index (χ0v) is 16.6. The smallest absolute Gasteiger partial charge is 0.306 e. The fourth-order valence-electron chi connectivity index (χ4n) is 3.84. The van der Waals surface area contributed by atoms with Gasteiger partial charge in [0.15, 0.2) is 0 Å². The number of benzene rings is 1. The minimum absolute atomic E-state index is 0.0337. The van der Waals surface area contributed by atoms with Crippen molar-refractivity contribution in [3.8, 4) is 0 Å². The number of carboxylic acid groups (broad SMARTS) is 1. The minimum Gasteiger partial charge on any atom is -0.481 e. The summed E-state index contributed by atoms with van der Waals surface area (Å²) in [6.45, 7) is 2.53. The number of carbonyl (C=O) groups excluding carboxylic acids is 2. The maximum absolute atomic E-state index is 12.8. The number of carboxylic acids is 1. The molecule has 2 amide bonds. The van der Waals surface area contributed by atoms with E-state index in [0.29, 0.717) is 37.9 Å². The van der Waals surface area contributed by atoms with Crippen LogP contribution in [0.4, 0.5) is 5.69 Å². The highest BCUT2D eigenvalue weighted by Gasteiger charge is 2.27. The van der Waals surface area contributed by atoms with Crippen LogP contribution in [0.25, 0.3) is 0 Å². The van der Waals surface area contributed by atoms with E-state index in [2.05, 4.69) is 5.32 Å². The lowest BCUT2D eigenvalue weighted by molar-refractivity contribution is -0.142. The largest absolute Gasteiger partial charge is 0.481 e. The van der Waals surface area contributed by atoms with Crippen molar-refractivity contribution >= 4 is 23.5 Å². The molecule has 0 unspecified atom stereocenters. The van der Waals surface area contributed by atoms with Crippen LogP contribution >= 0.6 is 0 Å². The van der Waals surface area contributed by atoms with Gasteiger partial charge in [0.1, 0.15) is 12.2 Å². The summed E-state index contributed by atoms with van der Waals surface area (Å²) in [5, 5.41) is 12.1. The molecule has 154 valence electrons. The maximum atomic E-state index is 12.8. The second-order valence-electron chi connectivity index (χ2n) is 7.36. The second kappa shape index (κ2) is 9.41. The number of hydrogen-bond acceptors (Lipinski definition) is 3. The van der Waals surface area contributed by atoms with Crippen molar-refractivity contribution in [1.82, 2.24) is 9.88 Å². The van der Waals surface area contributed by atoms with Crippen molar-refractivity contribution in [2.24, 2.45) is 5.92 Å². The van der Waals surface area contributed by atoms with Crippen molar-refractivity contribution in [3.63, 3.8) is 0 Å². The summed E-state index contributed by atoms with van der Waals surface area (Å²) in [6.07, 6.45) is 4.18. The van der Waals surface area contributed by atoms with Crippen molar-refractivity contribution in [2.45, 2.75) is 45.2 Å². The number of nitrogens with zero attached hydrogens (tertiary/aromatic N) is 2. The summed E-state index contributed by atoms with van der Waals surface area (Å²) in [5.74, 6) is -1.40. The molecule has 7 nitrogen and oxygen atoms in total. The van der Waals surface area contributed by atoms with Crippen LogP contribution in [0, 0.1) is 5.92 Å². The number of carbonyl (C=O) groups is 3. The normalized spacial score (nSPS) is 18.8. The Hall–Kier alpha value is -3.09. The van der Waals surface area contributed by atoms with Crippen LogP contribution in [0.1, 0.15) is 43.1 Å². The van der Waals surface area contributed by atoms with Gasteiger partial charge in [-0.3, -0.25) is 14.4 Å². The molecule has 0 aliphatic heterocycles. The Kier molecular flexibility index (Phi) is 6.69. The van der Waals surface area contributed by atoms with Crippen LogP contribution in [0.15, 0.2) is 48.7 Å². The van der Waals surface area contributed by atoms with E-state index in [-0.39, 0.29) is 30.3 Å². The molecular formula is C22H27N3O4. The molecule has 7 heteroatoms. The van der Waals surface area contributed by atoms with Crippen LogP contribution in [0.3, 0.4) is 0 Å². The molecule has 1 fully saturated rings. The zero-order valence-electron chi connectivity index (χ0n) is 16.6. The van der Waals surface area contributed by atoms with E-state index < -0.39 is 5.97 Å². The Morgan fingerprint density at radius 3 is 2.38 bits per heavy atom. The van der Waals surface area contributed by atoms with Gasteiger partial charge in [-0.1, -0.05) is 18.2 Å². The second-order valence-corrected chi connectivity index (χ2v) is 7.36. The fourth-order valence-corrected chi connectivity index (χ4v) is 3.84. The summed E-state index contributed by atoms with van der Waals surface area (Å²) in [7, 11) is 0. The van der Waals surface area contributed by atoms with Crippen LogP contribution in [0.5, 0.6) is 0 Å². The molecule has 1 aromatic heterocycles. The molecule has 0 spiro atoms. The number of rotatable bonds is 7. The van der Waals surface area contributed by atoms with Gasteiger partial charge in [-0.05, 0) is 56.9 Å². The van der Waals surface area contributed by atoms with Crippen molar-refractivity contribution in [1.29, 1.82) is 0 Å². The van der Waals surface area contributed by atoms with Crippen LogP contribution < -0.4 is 10.2 Å². The molecule has 1 saturated carbocycles. The Bertz CT molecular complexity index is 854. The number of para-hydroxylation sites is 1. The number of nitrogens with one attached hydrogen (secondary N) is 1. The van der Waals surface area contributed by atoms with E-state index in [9.17, 15) is 14.4 Å². The van der Waals surface area contributed by atoms with Gasteiger partial charge >= 0.3 is 5.97 Å². The average molecular weight is 397 g/mol. The summed E-state index contributed by atoms with van der Waals surface area (Å²) in [4.78, 5) is 38.3. The Morgan fingerprint density at radius 2 is 1.76 bits per heavy atom. The molecule has 29 heavy (non-hydrogen) atoms. The highest BCUT2D eigenvalue weighted by atomic mass is 16.4. The van der Waals surface area contributed by atoms with Crippen molar-refractivity contribution in [3.05, 3.63) is 54.4 Å². The lowest BCUT2D eigenvalue weighted by Crippen LogP contribution is -2.40. The molecule has 1 aliphatic rings. The summed E-state index contributed by atoms with van der Waals surface area (Å²) in [6, 6.07) is 12.9. The van der Waals surface area contributed by atoms with Crippen LogP contribution in [0.2, 0.25) is 0 Å². The lowest BCUT2D eigenvalue weighted by Gasteiger charge is -2.27. The molecule has 1 aromatic carbocycles. The van der Waals surface area contributed by atoms with Gasteiger partial charge in [-0.15, -0.1) is 0 Å². The quantitative estimate of drug-likeness (QED) is 0.751. The highest BCUT2D eigenvalue weighted by Crippen LogP contribution is 2.24. The Balaban J connectivity index is 1.62. The summed E-state index contributed by atoms with van der Waals surface area (Å²) >= 11 is 0. The Labute approximate surface area is 170 Å². The van der Waals surface area contributed by atoms with Gasteiger partial charge in [0.05, 0.1) is 5.92 Å². The van der Waals surface area contributed by atoms with E-state index in [0.717, 1.165) is 5.69 Å². The molecule has 2 N–H and O–H groups in total. The molecule has 0 saturated heterocycles. The van der Waals surface area contributed by atoms with Gasteiger partial charge in [-0.25, -0.2) is 0 Å². The van der Waals surface area contributed by atoms with E-state index in [1.807, 2.05) is 37.3 Å². The molecule has 0 radical (unpaired) electrons. The van der Waals surface area contributed by atoms with Gasteiger partial charge in [0.2, 0.25) is 5.91 Å². The number of amides is 2. The number of likely N-dealkylation sites (N-methyl/N-ethyl adjacent to an activating group) is 1. The number of anilines is 1. The first-order valence-electron chi connectivity index (χ1n) is 10.0. The predicted octanol–water partition coefficient (Wildman–Crippen LogP) is 2.91. The highest BCUT2D eigenvalue weighted by molar-refractivity contribution is 5.96. The van der Waals surface area contributed by atoms with Gasteiger partial charge in [0.25, 0.3) is 5.91 Å². The number of aliphatic carboxylic acids is 1. The van der Waals surface area contributed by atoms with E-state index >= 15 is 0 Å². The lowest BCUT2D eigenvalue weighted by atomic mass is 9.86. The van der Waals surface area contributed by atoms with Crippen LogP contribution in [-0.4, -0.2) is 40.0 Å². The maximum Gasteiger partial charge on any atom is 0.306 e. The molecule has 3 rings (SSSR count). The van der Waals surface area contributed by atoms with E-state index in [1.54, 1.807) is 27.8 Å². The third-order valence-electron chi connectivity index (χ3n) is 5.46. The molecule has 2 aromatic rings. The molecule has 1 aliphatic carbocycles. The van der Waals surface area contributed by atoms with Crippen molar-refractivity contribution in [2.75, 3.05) is 11.4 Å². The first-order valence-corrected chi connectivity index (χ1v) is 10.0. The number of aromatic nitrogens is 1. The average Bonchev–Trinajstić information content (AvgIpc) is 3.18. The first kappa shape index (κ1) is 20.6. The van der Waals surface area contributed by atoms with E-state index in [1.165, 1.54) is 0 Å². The van der Waals surface area contributed by atoms with Gasteiger partial charge < -0.3 is 19.9 Å². The third kappa shape index (κ3) is 5.04. The van der Waals surface area contributed by atoms with E-state index in [4.69, 9.17) is 5.11 Å². The predicted molar refractivity (Wildman–Crippen MR) is 110 cm³/mol. The zero-order chi connectivity index (χ0) is 20.8. The summed E-state index contributed by atoms with van der Waals surface area (Å²) in [5.41, 5.74) is 1.26. The topological polar surface area (TPSA) is 91.6 Å². The Morgan fingerprint density at radius 1 is 1.07 bits per heavy atom. The minimum atomic E-state index is -0.763. The van der Waals surface area contributed by atoms with Crippen molar-refractivity contribution < 1.29 is 19.5 Å². The molecule has 0 bridgehead atoms. The first-order chi connectivity index (χ1) is 14.0. The number of hydrogen-bond donors (Lipinski definition) is 2. The SMILES string of the molecule is CCN(C(=O)Cn1cccc1C(=O)NC1CCC(C(=O)O)CC1)c1ccccc1. The molecule has 0 atom stereocenters. The summed E-state index contributed by atoms with van der Waals surface area (Å²) < 4.78 is 1.66. The van der Waals surface area contributed by atoms with Gasteiger partial charge in [-0.2, -0.15) is 0 Å². The van der Waals surface area contributed by atoms with Crippen LogP contribution in [-0.2, 0) is 16.1 Å². The third-order valence-corrected chi connectivity index (χ3v) is 5.46. The monoisotopic (exact) mass is 397 g/mol. The molecule has 1 heterocycles. The molecular weight excluding hydrogens is 370 g/mol. The standard InChI is InChI=1S/C22H27N3O4/c1-2-25(18-7-4-3-5-8-18)20(26)15-24-14-6-9-19(24)21(27)23-17-12-10-16(11-13-17)22(28)29/h3-9,14,16-17H,2,10-13,15H2,1H3,(H,23,27)(H,28,29). The van der Waals surface area contributed by atoms with Gasteiger partial charge in [0, 0.05) is 24.5 Å². The fraction of sp³-hybridized carbons (Fsp3) is 0.409.